The van der Waals surface area contributed by atoms with Crippen LogP contribution in [-0.4, -0.2) is 61.6 Å². The number of H-pyrrole nitrogens is 2. The molecule has 0 aliphatic carbocycles. The highest BCUT2D eigenvalue weighted by molar-refractivity contribution is 6.21. The molecule has 2 unspecified atom stereocenters. The number of rotatable bonds is 14. The van der Waals surface area contributed by atoms with E-state index in [0.717, 1.165) is 12.1 Å². The summed E-state index contributed by atoms with van der Waals surface area (Å²) in [5.74, 6) is -3.65. The van der Waals surface area contributed by atoms with E-state index in [1.807, 2.05) is 0 Å². The molecule has 6 aromatic rings. The number of nitriles is 2. The van der Waals surface area contributed by atoms with E-state index in [-0.39, 0.29) is 56.8 Å². The number of nitrogens with one attached hydrogen (secondary N) is 2. The molecule has 2 heterocycles. The second kappa shape index (κ2) is 26.9. The van der Waals surface area contributed by atoms with Crippen molar-refractivity contribution < 1.29 is 73.8 Å². The normalized spacial score (nSPS) is 11.4. The molecule has 0 spiro atoms. The summed E-state index contributed by atoms with van der Waals surface area (Å²) < 4.78 is 121. The minimum Gasteiger partial charge on any atom is -1.00 e. The topological polar surface area (TPSA) is 258 Å². The standard InChI is InChI=1S/C23H17ClF3N3O6.C12H4ClF4N3O2.C11H14O4.CH4.FH/c1-3-34-21(32)12(2)35-14-4-6-15(7-5-14)36-18-9-17(16(25)8-13(18)11-28)30-20(31)10-19(23(24,26)27)29-22(30)33;13-12(16,17)9-3-10(21)20(11(22)19-9)8-2-6(14)5(4-18)1-7(8)15;1-3-14-11(13)8(2)15-10-6-4-9(12)5-7-10;;/h4-10,12H,3H2,1-2H3,(H,29,33);1-3H,(H,19,22);4-8,12H,3H2,1-2H3;1H4;1H/p-1. The van der Waals surface area contributed by atoms with Gasteiger partial charge in [-0.2, -0.15) is 28.1 Å². The lowest BCUT2D eigenvalue weighted by Gasteiger charge is -2.15. The fourth-order valence-electron chi connectivity index (χ4n) is 5.69. The van der Waals surface area contributed by atoms with Gasteiger partial charge in [0.05, 0.1) is 35.7 Å². The van der Waals surface area contributed by atoms with E-state index in [1.54, 1.807) is 48.9 Å². The number of ether oxygens (including phenoxy) is 5. The van der Waals surface area contributed by atoms with Gasteiger partial charge < -0.3 is 43.5 Å². The summed E-state index contributed by atoms with van der Waals surface area (Å²) in [5, 5.41) is 18.9. The van der Waals surface area contributed by atoms with Crippen LogP contribution >= 0.6 is 23.2 Å². The third-order valence-electron chi connectivity index (χ3n) is 9.04. The Labute approximate surface area is 427 Å². The summed E-state index contributed by atoms with van der Waals surface area (Å²) in [6, 6.07) is 18.2. The first-order chi connectivity index (χ1) is 34.2. The van der Waals surface area contributed by atoms with Crippen molar-refractivity contribution in [2.45, 2.75) is 58.1 Å². The van der Waals surface area contributed by atoms with Crippen molar-refractivity contribution in [3.8, 4) is 52.3 Å². The lowest BCUT2D eigenvalue weighted by Crippen LogP contribution is -3.00. The monoisotopic (exact) mass is 1100 g/mol. The Morgan fingerprint density at radius 1 is 0.640 bits per heavy atom. The summed E-state index contributed by atoms with van der Waals surface area (Å²) >= 11 is 9.52. The van der Waals surface area contributed by atoms with E-state index in [2.05, 4.69) is 11.6 Å². The summed E-state index contributed by atoms with van der Waals surface area (Å²) in [7, 11) is 0. The van der Waals surface area contributed by atoms with Crippen LogP contribution in [0.2, 0.25) is 0 Å². The van der Waals surface area contributed by atoms with E-state index < -0.39 is 103 Å². The van der Waals surface area contributed by atoms with Crippen LogP contribution in [0.5, 0.6) is 28.7 Å². The van der Waals surface area contributed by atoms with Crippen molar-refractivity contribution in [2.24, 2.45) is 0 Å². The molecule has 0 saturated carbocycles. The number of phenols is 1. The van der Waals surface area contributed by atoms with Crippen molar-refractivity contribution in [1.29, 1.82) is 10.5 Å². The van der Waals surface area contributed by atoms with Crippen LogP contribution in [0.1, 0.15) is 57.6 Å². The molecule has 75 heavy (non-hydrogen) atoms. The van der Waals surface area contributed by atoms with Crippen LogP contribution in [-0.2, 0) is 29.8 Å². The number of aromatic hydroxyl groups is 1. The molecule has 0 saturated heterocycles. The highest BCUT2D eigenvalue weighted by Crippen LogP contribution is 2.32. The summed E-state index contributed by atoms with van der Waals surface area (Å²) in [6.45, 7) is 7.05. The smallest absolute Gasteiger partial charge is 0.362 e. The second-order valence-electron chi connectivity index (χ2n) is 14.2. The molecular weight excluding hydrogens is 1060 g/mol. The van der Waals surface area contributed by atoms with Crippen molar-refractivity contribution >= 4 is 35.1 Å². The molecule has 0 aliphatic rings. The molecule has 18 nitrogen and oxygen atoms in total. The van der Waals surface area contributed by atoms with Gasteiger partial charge in [-0.3, -0.25) is 9.59 Å². The number of aromatic nitrogens is 4. The van der Waals surface area contributed by atoms with Gasteiger partial charge in [-0.05, 0) is 112 Å². The lowest BCUT2D eigenvalue weighted by atomic mass is 10.1. The first kappa shape index (κ1) is 62.5. The fraction of sp³-hybridized carbons (Fsp3) is 0.234. The number of nitrogens with zero attached hydrogens (tertiary/aromatic N) is 4. The van der Waals surface area contributed by atoms with Gasteiger partial charge in [0.1, 0.15) is 69.7 Å². The largest absolute Gasteiger partial charge is 1.00 e. The zero-order valence-electron chi connectivity index (χ0n) is 38.2. The highest BCUT2D eigenvalue weighted by atomic mass is 35.5. The Morgan fingerprint density at radius 2 is 1.01 bits per heavy atom. The molecule has 2 aromatic heterocycles. The maximum absolute atomic E-state index is 14.7. The Morgan fingerprint density at radius 3 is 1.39 bits per heavy atom. The molecule has 0 fully saturated rings. The molecule has 400 valence electrons. The van der Waals surface area contributed by atoms with Crippen LogP contribution in [0, 0.1) is 40.1 Å². The van der Waals surface area contributed by atoms with Crippen LogP contribution in [0.3, 0.4) is 0 Å². The fourth-order valence-corrected chi connectivity index (χ4v) is 5.90. The van der Waals surface area contributed by atoms with Crippen LogP contribution in [0.25, 0.3) is 11.4 Å². The molecule has 0 bridgehead atoms. The van der Waals surface area contributed by atoms with Crippen LogP contribution < -0.4 is 41.4 Å². The van der Waals surface area contributed by atoms with Gasteiger partial charge >= 0.3 is 34.1 Å². The van der Waals surface area contributed by atoms with Gasteiger partial charge in [-0.25, -0.2) is 41.5 Å². The molecule has 2 atom stereocenters. The third kappa shape index (κ3) is 16.7. The van der Waals surface area contributed by atoms with E-state index in [1.165, 1.54) is 49.4 Å². The first-order valence-electron chi connectivity index (χ1n) is 20.5. The van der Waals surface area contributed by atoms with Crippen LogP contribution in [0.4, 0.5) is 30.7 Å². The zero-order chi connectivity index (χ0) is 54.5. The number of alkyl halides is 6. The molecule has 0 aliphatic heterocycles. The average Bonchev–Trinajstić information content (AvgIpc) is 3.31. The third-order valence-corrected chi connectivity index (χ3v) is 9.44. The average molecular weight is 1100 g/mol. The predicted molar refractivity (Wildman–Crippen MR) is 249 cm³/mol. The number of benzene rings is 4. The summed E-state index contributed by atoms with van der Waals surface area (Å²) in [4.78, 5) is 74.3. The minimum absolute atomic E-state index is 0. The van der Waals surface area contributed by atoms with E-state index in [4.69, 9.17) is 45.7 Å². The zero-order valence-corrected chi connectivity index (χ0v) is 39.7. The van der Waals surface area contributed by atoms with Gasteiger partial charge in [0.25, 0.3) is 11.1 Å². The Bertz CT molecular complexity index is 3250. The maximum Gasteiger partial charge on any atom is 0.362 e. The number of hydrogen-bond acceptors (Lipinski definition) is 14. The Hall–Kier alpha value is -8.62. The number of phenolic OH excluding ortho intramolecular Hbond substituents is 1. The number of halogens is 10. The number of esters is 2. The molecule has 0 radical (unpaired) electrons. The van der Waals surface area contributed by atoms with Crippen molar-refractivity contribution in [3.05, 3.63) is 167 Å². The second-order valence-corrected chi connectivity index (χ2v) is 15.2. The lowest BCUT2D eigenvalue weighted by molar-refractivity contribution is -0.151. The van der Waals surface area contributed by atoms with E-state index >= 15 is 0 Å². The number of carbonyl (C=O) groups is 2. The Balaban J connectivity index is 0.000000420. The van der Waals surface area contributed by atoms with Gasteiger partial charge in [0, 0.05) is 24.3 Å². The number of aromatic amines is 2. The highest BCUT2D eigenvalue weighted by Gasteiger charge is 2.32. The quantitative estimate of drug-likeness (QED) is 0.0714. The van der Waals surface area contributed by atoms with Gasteiger partial charge in [0.15, 0.2) is 12.2 Å². The Kier molecular flexibility index (Phi) is 22.4. The molecule has 28 heteroatoms. The van der Waals surface area contributed by atoms with Crippen molar-refractivity contribution in [2.75, 3.05) is 13.2 Å². The number of hydrogen-bond donors (Lipinski definition) is 3. The van der Waals surface area contributed by atoms with Gasteiger partial charge in [0.2, 0.25) is 0 Å². The maximum atomic E-state index is 14.7. The number of carbonyl (C=O) groups excluding carboxylic acids is 2. The van der Waals surface area contributed by atoms with E-state index in [9.17, 15) is 64.8 Å². The van der Waals surface area contributed by atoms with Gasteiger partial charge in [-0.1, -0.05) is 7.43 Å². The van der Waals surface area contributed by atoms with E-state index in [0.29, 0.717) is 36.3 Å². The summed E-state index contributed by atoms with van der Waals surface area (Å²) in [5.41, 5.74) is -10.2. The molecule has 4 aromatic carbocycles. The summed E-state index contributed by atoms with van der Waals surface area (Å²) in [6.07, 6.45) is -1.52. The van der Waals surface area contributed by atoms with Crippen molar-refractivity contribution in [1.82, 2.24) is 19.1 Å². The first-order valence-corrected chi connectivity index (χ1v) is 21.2. The minimum atomic E-state index is -4.03. The molecule has 3 N–H and O–H groups in total. The molecular formula is C47H39Cl2F8N6O12-. The van der Waals surface area contributed by atoms with Crippen molar-refractivity contribution in [3.63, 3.8) is 0 Å². The molecule has 0 amide bonds. The predicted octanol–water partition coefficient (Wildman–Crippen LogP) is 5.27. The van der Waals surface area contributed by atoms with Crippen LogP contribution in [0.15, 0.2) is 104 Å². The SMILES string of the molecule is C.CCOC(=O)C(C)Oc1ccc(O)cc1.CCOC(=O)C(C)Oc1ccc(Oc2cc(-n3c(=O)cc(C(F)(F)Cl)[nH]c3=O)c(F)cc2C#N)cc1.N#Cc1cc(F)c(-n2c(=O)cc(C(F)(F)Cl)[nH]c2=O)cc1F.[F-]. The molecule has 6 rings (SSSR count). The van der Waals surface area contributed by atoms with Gasteiger partial charge in [-0.15, -0.1) is 0 Å².